The molecule has 11 heavy (non-hydrogen) atoms. The third kappa shape index (κ3) is 26.7. The average Bonchev–Trinajstić information content (AvgIpc) is 1.90. The minimum absolute atomic E-state index is 0.122. The Labute approximate surface area is 65.5 Å². The SMILES string of the molecule is COCC(=O)O.COCCO. The summed E-state index contributed by atoms with van der Waals surface area (Å²) in [6.07, 6.45) is 0. The molecule has 5 nitrogen and oxygen atoms in total. The highest BCUT2D eigenvalue weighted by molar-refractivity contribution is 5.67. The second kappa shape index (κ2) is 12.1. The van der Waals surface area contributed by atoms with Gasteiger partial charge in [0.1, 0.15) is 6.61 Å². The second-order valence-corrected chi connectivity index (χ2v) is 1.54. The van der Waals surface area contributed by atoms with Crippen LogP contribution in [0.3, 0.4) is 0 Å². The van der Waals surface area contributed by atoms with Crippen LogP contribution in [0.25, 0.3) is 0 Å². The standard InChI is InChI=1S/C3H6O3.C3H8O2/c1-6-2-3(4)5;1-5-3-2-4/h2H2,1H3,(H,4,5);4H,2-3H2,1H3. The van der Waals surface area contributed by atoms with Crippen LogP contribution in [0.5, 0.6) is 0 Å². The summed E-state index contributed by atoms with van der Waals surface area (Å²) in [5.74, 6) is -0.933. The molecule has 2 N–H and O–H groups in total. The summed E-state index contributed by atoms with van der Waals surface area (Å²) >= 11 is 0. The maximum Gasteiger partial charge on any atom is 0.329 e. The molecule has 0 bridgehead atoms. The van der Waals surface area contributed by atoms with E-state index in [1.165, 1.54) is 7.11 Å². The Morgan fingerprint density at radius 3 is 1.91 bits per heavy atom. The van der Waals surface area contributed by atoms with E-state index in [1.807, 2.05) is 0 Å². The van der Waals surface area contributed by atoms with Crippen LogP contribution in [0.1, 0.15) is 0 Å². The molecule has 0 fully saturated rings. The molecule has 0 aliphatic carbocycles. The first-order chi connectivity index (χ1) is 5.18. The van der Waals surface area contributed by atoms with E-state index in [-0.39, 0.29) is 13.2 Å². The maximum absolute atomic E-state index is 9.47. The number of aliphatic hydroxyl groups excluding tert-OH is 1. The highest BCUT2D eigenvalue weighted by Gasteiger charge is 1.87. The van der Waals surface area contributed by atoms with Crippen LogP contribution < -0.4 is 0 Å². The third-order valence-corrected chi connectivity index (χ3v) is 0.563. The van der Waals surface area contributed by atoms with Crippen molar-refractivity contribution in [3.8, 4) is 0 Å². The predicted octanol–water partition coefficient (Wildman–Crippen LogP) is -0.657. The van der Waals surface area contributed by atoms with Crippen molar-refractivity contribution in [1.82, 2.24) is 0 Å². The first-order valence-electron chi connectivity index (χ1n) is 2.99. The van der Waals surface area contributed by atoms with Gasteiger partial charge in [-0.2, -0.15) is 0 Å². The fraction of sp³-hybridized carbons (Fsp3) is 0.833. The monoisotopic (exact) mass is 166 g/mol. The number of hydrogen-bond donors (Lipinski definition) is 2. The topological polar surface area (TPSA) is 76.0 Å². The number of hydrogen-bond acceptors (Lipinski definition) is 4. The lowest BCUT2D eigenvalue weighted by atomic mass is 10.8. The van der Waals surface area contributed by atoms with Gasteiger partial charge < -0.3 is 19.7 Å². The molecular formula is C6H14O5. The Balaban J connectivity index is 0. The Bertz CT molecular complexity index is 81.0. The molecule has 0 amide bonds. The van der Waals surface area contributed by atoms with Gasteiger partial charge in [-0.15, -0.1) is 0 Å². The van der Waals surface area contributed by atoms with Gasteiger partial charge in [0.15, 0.2) is 0 Å². The fourth-order valence-corrected chi connectivity index (χ4v) is 0.215. The summed E-state index contributed by atoms with van der Waals surface area (Å²) in [7, 11) is 2.89. The minimum atomic E-state index is -0.933. The average molecular weight is 166 g/mol. The fourth-order valence-electron chi connectivity index (χ4n) is 0.215. The van der Waals surface area contributed by atoms with Gasteiger partial charge in [-0.1, -0.05) is 0 Å². The van der Waals surface area contributed by atoms with Gasteiger partial charge in [0.05, 0.1) is 13.2 Å². The number of ether oxygens (including phenoxy) is 2. The molecule has 0 aromatic heterocycles. The molecule has 0 aliphatic heterocycles. The molecule has 0 aromatic rings. The molecule has 0 atom stereocenters. The lowest BCUT2D eigenvalue weighted by molar-refractivity contribution is -0.141. The van der Waals surface area contributed by atoms with Crippen LogP contribution in [0.15, 0.2) is 0 Å². The van der Waals surface area contributed by atoms with Gasteiger partial charge in [0.25, 0.3) is 0 Å². The van der Waals surface area contributed by atoms with Crippen molar-refractivity contribution >= 4 is 5.97 Å². The molecule has 0 unspecified atom stereocenters. The quantitative estimate of drug-likeness (QED) is 0.580. The van der Waals surface area contributed by atoms with Crippen molar-refractivity contribution in [3.05, 3.63) is 0 Å². The van der Waals surface area contributed by atoms with Gasteiger partial charge in [-0.25, -0.2) is 4.79 Å². The molecule has 0 rings (SSSR count). The summed E-state index contributed by atoms with van der Waals surface area (Å²) in [5.41, 5.74) is 0. The van der Waals surface area contributed by atoms with Gasteiger partial charge in [-0.05, 0) is 0 Å². The van der Waals surface area contributed by atoms with Crippen LogP contribution in [-0.2, 0) is 14.3 Å². The molecule has 5 heteroatoms. The number of carboxylic acid groups (broad SMARTS) is 1. The van der Waals surface area contributed by atoms with Crippen LogP contribution >= 0.6 is 0 Å². The number of carboxylic acids is 1. The molecule has 0 aliphatic rings. The maximum atomic E-state index is 9.47. The summed E-state index contributed by atoms with van der Waals surface area (Å²) in [6, 6.07) is 0. The minimum Gasteiger partial charge on any atom is -0.480 e. The Morgan fingerprint density at radius 1 is 1.36 bits per heavy atom. The predicted molar refractivity (Wildman–Crippen MR) is 38.5 cm³/mol. The van der Waals surface area contributed by atoms with Gasteiger partial charge >= 0.3 is 5.97 Å². The summed E-state index contributed by atoms with van der Waals surface area (Å²) in [5, 5.41) is 15.7. The number of methoxy groups -OCH3 is 2. The van der Waals surface area contributed by atoms with E-state index >= 15 is 0 Å². The number of aliphatic hydroxyl groups is 1. The van der Waals surface area contributed by atoms with E-state index in [4.69, 9.17) is 10.2 Å². The number of aliphatic carboxylic acids is 1. The smallest absolute Gasteiger partial charge is 0.329 e. The lowest BCUT2D eigenvalue weighted by Gasteiger charge is -1.84. The van der Waals surface area contributed by atoms with Crippen LogP contribution in [-0.4, -0.2) is 50.2 Å². The van der Waals surface area contributed by atoms with E-state index in [9.17, 15) is 4.79 Å². The molecule has 68 valence electrons. The van der Waals surface area contributed by atoms with Gasteiger partial charge in [-0.3, -0.25) is 0 Å². The first-order valence-corrected chi connectivity index (χ1v) is 2.99. The normalized spacial score (nSPS) is 8.27. The summed E-state index contributed by atoms with van der Waals surface area (Å²) < 4.78 is 8.64. The second-order valence-electron chi connectivity index (χ2n) is 1.54. The van der Waals surface area contributed by atoms with E-state index in [0.29, 0.717) is 6.61 Å². The molecule has 0 aromatic carbocycles. The van der Waals surface area contributed by atoms with Gasteiger partial charge in [0, 0.05) is 14.2 Å². The third-order valence-electron chi connectivity index (χ3n) is 0.563. The summed E-state index contributed by atoms with van der Waals surface area (Å²) in [6.45, 7) is 0.358. The zero-order chi connectivity index (χ0) is 9.11. The highest BCUT2D eigenvalue weighted by atomic mass is 16.5. The van der Waals surface area contributed by atoms with E-state index in [2.05, 4.69) is 9.47 Å². The van der Waals surface area contributed by atoms with E-state index < -0.39 is 5.97 Å². The molecule has 0 saturated heterocycles. The largest absolute Gasteiger partial charge is 0.480 e. The number of rotatable bonds is 4. The van der Waals surface area contributed by atoms with Gasteiger partial charge in [0.2, 0.25) is 0 Å². The van der Waals surface area contributed by atoms with E-state index in [0.717, 1.165) is 0 Å². The van der Waals surface area contributed by atoms with E-state index in [1.54, 1.807) is 7.11 Å². The summed E-state index contributed by atoms with van der Waals surface area (Å²) in [4.78, 5) is 9.47. The molecule has 0 spiro atoms. The van der Waals surface area contributed by atoms with Crippen LogP contribution in [0.2, 0.25) is 0 Å². The molecule has 0 radical (unpaired) electrons. The lowest BCUT2D eigenvalue weighted by Crippen LogP contribution is -2.02. The van der Waals surface area contributed by atoms with Crippen molar-refractivity contribution in [2.45, 2.75) is 0 Å². The highest BCUT2D eigenvalue weighted by Crippen LogP contribution is 1.61. The first kappa shape index (κ1) is 13.0. The van der Waals surface area contributed by atoms with Crippen molar-refractivity contribution in [1.29, 1.82) is 0 Å². The molecular weight excluding hydrogens is 152 g/mol. The zero-order valence-electron chi connectivity index (χ0n) is 6.74. The van der Waals surface area contributed by atoms with Crippen LogP contribution in [0.4, 0.5) is 0 Å². The van der Waals surface area contributed by atoms with Crippen molar-refractivity contribution in [3.63, 3.8) is 0 Å². The Morgan fingerprint density at radius 2 is 1.91 bits per heavy atom. The zero-order valence-corrected chi connectivity index (χ0v) is 6.74. The Kier molecular flexibility index (Phi) is 14.2. The van der Waals surface area contributed by atoms with Crippen molar-refractivity contribution in [2.75, 3.05) is 34.0 Å². The number of carbonyl (C=O) groups is 1. The Hall–Kier alpha value is -0.650. The van der Waals surface area contributed by atoms with Crippen molar-refractivity contribution in [2.24, 2.45) is 0 Å². The van der Waals surface area contributed by atoms with Crippen LogP contribution in [0, 0.1) is 0 Å². The van der Waals surface area contributed by atoms with Crippen molar-refractivity contribution < 1.29 is 24.5 Å². The molecule has 0 heterocycles. The molecule has 0 saturated carbocycles.